The predicted octanol–water partition coefficient (Wildman–Crippen LogP) is 1.47. The normalized spacial score (nSPS) is 27.8. The average molecular weight is 194 g/mol. The molecule has 1 fully saturated rings. The molecule has 1 aliphatic heterocycles. The number of hydrogen-bond acceptors (Lipinski definition) is 2. The number of likely N-dealkylation sites (tertiary alicyclic amines) is 1. The minimum absolute atomic E-state index is 0.693. The molecule has 80 valence electrons. The Bertz CT molecular complexity index is 195. The number of hydrogen-bond donors (Lipinski definition) is 1. The summed E-state index contributed by atoms with van der Waals surface area (Å²) in [5, 5.41) is 3.25. The van der Waals surface area contributed by atoms with E-state index >= 15 is 0 Å². The van der Waals surface area contributed by atoms with Gasteiger partial charge in [-0.15, -0.1) is 6.42 Å². The van der Waals surface area contributed by atoms with Crippen LogP contribution in [0.3, 0.4) is 0 Å². The molecule has 0 aromatic carbocycles. The maximum Gasteiger partial charge on any atom is 0.0574 e. The van der Waals surface area contributed by atoms with E-state index in [4.69, 9.17) is 6.42 Å². The molecule has 0 amide bonds. The van der Waals surface area contributed by atoms with E-state index in [1.54, 1.807) is 0 Å². The maximum absolute atomic E-state index is 5.18. The summed E-state index contributed by atoms with van der Waals surface area (Å²) in [5.74, 6) is 2.60. The van der Waals surface area contributed by atoms with Crippen LogP contribution in [0.1, 0.15) is 33.1 Å². The van der Waals surface area contributed by atoms with Gasteiger partial charge in [0.2, 0.25) is 0 Å². The second-order valence-corrected chi connectivity index (χ2v) is 4.11. The van der Waals surface area contributed by atoms with Crippen molar-refractivity contribution in [3.05, 3.63) is 0 Å². The molecule has 2 nitrogen and oxygen atoms in total. The zero-order chi connectivity index (χ0) is 10.4. The van der Waals surface area contributed by atoms with Gasteiger partial charge in [-0.05, 0) is 26.2 Å². The monoisotopic (exact) mass is 194 g/mol. The van der Waals surface area contributed by atoms with Crippen molar-refractivity contribution in [1.29, 1.82) is 0 Å². The highest BCUT2D eigenvalue weighted by atomic mass is 15.2. The predicted molar refractivity (Wildman–Crippen MR) is 61.2 cm³/mol. The molecule has 0 radical (unpaired) electrons. The zero-order valence-corrected chi connectivity index (χ0v) is 9.42. The summed E-state index contributed by atoms with van der Waals surface area (Å²) in [7, 11) is 0. The molecule has 0 saturated carbocycles. The molecule has 1 rings (SSSR count). The van der Waals surface area contributed by atoms with Gasteiger partial charge in [-0.2, -0.15) is 0 Å². The summed E-state index contributed by atoms with van der Waals surface area (Å²) in [6, 6.07) is 1.56. The van der Waals surface area contributed by atoms with Crippen LogP contribution in [0, 0.1) is 12.3 Å². The first-order chi connectivity index (χ1) is 6.79. The Morgan fingerprint density at radius 3 is 2.93 bits per heavy atom. The maximum atomic E-state index is 5.18. The molecular formula is C12H22N2. The molecule has 0 aromatic rings. The van der Waals surface area contributed by atoms with Crippen LogP contribution in [-0.2, 0) is 0 Å². The van der Waals surface area contributed by atoms with E-state index in [2.05, 4.69) is 30.0 Å². The summed E-state index contributed by atoms with van der Waals surface area (Å²) in [4.78, 5) is 2.61. The molecule has 1 heterocycles. The summed E-state index contributed by atoms with van der Waals surface area (Å²) in [6.07, 6.45) is 9.18. The van der Waals surface area contributed by atoms with Crippen molar-refractivity contribution in [2.75, 3.05) is 19.6 Å². The zero-order valence-electron chi connectivity index (χ0n) is 9.42. The van der Waals surface area contributed by atoms with Crippen LogP contribution in [0.15, 0.2) is 0 Å². The smallest absolute Gasteiger partial charge is 0.0574 e. The molecule has 2 heteroatoms. The SMILES string of the molecule is C#CCNCCN1C(C)CCC1CC. The molecule has 1 aliphatic rings. The average Bonchev–Trinajstić information content (AvgIpc) is 2.55. The van der Waals surface area contributed by atoms with Gasteiger partial charge in [0.05, 0.1) is 6.54 Å². The van der Waals surface area contributed by atoms with E-state index in [-0.39, 0.29) is 0 Å². The summed E-state index contributed by atoms with van der Waals surface area (Å²) in [5.41, 5.74) is 0. The first-order valence-corrected chi connectivity index (χ1v) is 5.69. The molecule has 2 atom stereocenters. The third kappa shape index (κ3) is 3.01. The number of rotatable bonds is 5. The molecule has 0 aromatic heterocycles. The largest absolute Gasteiger partial charge is 0.305 e. The summed E-state index contributed by atoms with van der Waals surface area (Å²) in [6.45, 7) is 7.47. The Labute approximate surface area is 88.1 Å². The first kappa shape index (κ1) is 11.6. The van der Waals surface area contributed by atoms with E-state index in [9.17, 15) is 0 Å². The molecule has 0 bridgehead atoms. The van der Waals surface area contributed by atoms with Crippen molar-refractivity contribution in [2.24, 2.45) is 0 Å². The van der Waals surface area contributed by atoms with Crippen LogP contribution >= 0.6 is 0 Å². The van der Waals surface area contributed by atoms with Crippen molar-refractivity contribution >= 4 is 0 Å². The highest BCUT2D eigenvalue weighted by Crippen LogP contribution is 2.24. The lowest BCUT2D eigenvalue weighted by Crippen LogP contribution is -2.39. The third-order valence-corrected chi connectivity index (χ3v) is 3.20. The second-order valence-electron chi connectivity index (χ2n) is 4.11. The lowest BCUT2D eigenvalue weighted by atomic mass is 10.1. The van der Waals surface area contributed by atoms with Crippen LogP contribution in [0.4, 0.5) is 0 Å². The van der Waals surface area contributed by atoms with Crippen molar-refractivity contribution in [2.45, 2.75) is 45.2 Å². The molecule has 1 N–H and O–H groups in total. The van der Waals surface area contributed by atoms with E-state index in [1.165, 1.54) is 19.3 Å². The summed E-state index contributed by atoms with van der Waals surface area (Å²) < 4.78 is 0. The Hall–Kier alpha value is -0.520. The third-order valence-electron chi connectivity index (χ3n) is 3.20. The Balaban J connectivity index is 2.23. The van der Waals surface area contributed by atoms with Crippen molar-refractivity contribution in [3.63, 3.8) is 0 Å². The van der Waals surface area contributed by atoms with Gasteiger partial charge in [0.15, 0.2) is 0 Å². The van der Waals surface area contributed by atoms with Crippen LogP contribution in [0.5, 0.6) is 0 Å². The molecule has 14 heavy (non-hydrogen) atoms. The van der Waals surface area contributed by atoms with Crippen LogP contribution < -0.4 is 5.32 Å². The van der Waals surface area contributed by atoms with Gasteiger partial charge in [-0.25, -0.2) is 0 Å². The Kier molecular flexibility index (Phi) is 5.00. The standard InChI is InChI=1S/C12H22N2/c1-4-8-13-9-10-14-11(3)6-7-12(14)5-2/h1,11-13H,5-10H2,2-3H3. The highest BCUT2D eigenvalue weighted by molar-refractivity contribution is 4.88. The quantitative estimate of drug-likeness (QED) is 0.527. The fourth-order valence-electron chi connectivity index (χ4n) is 2.34. The molecule has 0 aliphatic carbocycles. The molecule has 2 unspecified atom stereocenters. The van der Waals surface area contributed by atoms with Crippen molar-refractivity contribution in [1.82, 2.24) is 10.2 Å². The minimum atomic E-state index is 0.693. The first-order valence-electron chi connectivity index (χ1n) is 5.69. The van der Waals surface area contributed by atoms with Gasteiger partial charge in [0, 0.05) is 25.2 Å². The molecule has 1 saturated heterocycles. The van der Waals surface area contributed by atoms with E-state index in [1.807, 2.05) is 0 Å². The lowest BCUT2D eigenvalue weighted by Gasteiger charge is -2.27. The Morgan fingerprint density at radius 1 is 1.50 bits per heavy atom. The molecule has 0 spiro atoms. The number of terminal acetylenes is 1. The number of nitrogens with one attached hydrogen (secondary N) is 1. The van der Waals surface area contributed by atoms with E-state index < -0.39 is 0 Å². The number of nitrogens with zero attached hydrogens (tertiary/aromatic N) is 1. The van der Waals surface area contributed by atoms with Gasteiger partial charge in [-0.3, -0.25) is 4.90 Å². The van der Waals surface area contributed by atoms with Crippen LogP contribution in [0.2, 0.25) is 0 Å². The van der Waals surface area contributed by atoms with E-state index in [0.29, 0.717) is 6.54 Å². The van der Waals surface area contributed by atoms with Gasteiger partial charge >= 0.3 is 0 Å². The van der Waals surface area contributed by atoms with Crippen molar-refractivity contribution in [3.8, 4) is 12.3 Å². The second kappa shape index (κ2) is 6.06. The van der Waals surface area contributed by atoms with Gasteiger partial charge in [0.1, 0.15) is 0 Å². The Morgan fingerprint density at radius 2 is 2.29 bits per heavy atom. The van der Waals surface area contributed by atoms with Crippen molar-refractivity contribution < 1.29 is 0 Å². The van der Waals surface area contributed by atoms with Crippen LogP contribution in [0.25, 0.3) is 0 Å². The van der Waals surface area contributed by atoms with Gasteiger partial charge in [0.25, 0.3) is 0 Å². The highest BCUT2D eigenvalue weighted by Gasteiger charge is 2.28. The van der Waals surface area contributed by atoms with Gasteiger partial charge in [-0.1, -0.05) is 12.8 Å². The van der Waals surface area contributed by atoms with E-state index in [0.717, 1.165) is 25.2 Å². The van der Waals surface area contributed by atoms with Gasteiger partial charge < -0.3 is 5.32 Å². The summed E-state index contributed by atoms with van der Waals surface area (Å²) >= 11 is 0. The fraction of sp³-hybridized carbons (Fsp3) is 0.833. The molecular weight excluding hydrogens is 172 g/mol. The van der Waals surface area contributed by atoms with Crippen LogP contribution in [-0.4, -0.2) is 36.6 Å². The lowest BCUT2D eigenvalue weighted by molar-refractivity contribution is 0.200. The topological polar surface area (TPSA) is 15.3 Å². The minimum Gasteiger partial charge on any atom is -0.305 e. The fourth-order valence-corrected chi connectivity index (χ4v) is 2.34.